The summed E-state index contributed by atoms with van der Waals surface area (Å²) in [6, 6.07) is 3.76. The predicted molar refractivity (Wildman–Crippen MR) is 79.3 cm³/mol. The van der Waals surface area contributed by atoms with Gasteiger partial charge in [0.1, 0.15) is 5.02 Å². The lowest BCUT2D eigenvalue weighted by Gasteiger charge is -2.07. The first kappa shape index (κ1) is 16.2. The van der Waals surface area contributed by atoms with Crippen LogP contribution in [0.3, 0.4) is 0 Å². The Morgan fingerprint density at radius 1 is 1.35 bits per heavy atom. The third-order valence-electron chi connectivity index (χ3n) is 2.72. The summed E-state index contributed by atoms with van der Waals surface area (Å²) >= 11 is 5.69. The third kappa shape index (κ3) is 5.44. The molecule has 0 heterocycles. The third-order valence-corrected chi connectivity index (χ3v) is 3.04. The first-order valence-electron chi connectivity index (χ1n) is 6.53. The molecule has 2 amide bonds. The zero-order valence-corrected chi connectivity index (χ0v) is 12.1. The SMILES string of the molecule is CCCCCCNC(=O)Nc1ccc(Cl)c([N+](=O)[O-])c1. The van der Waals surface area contributed by atoms with Gasteiger partial charge in [0.2, 0.25) is 0 Å². The molecule has 20 heavy (non-hydrogen) atoms. The molecular formula is C13H18ClN3O3. The van der Waals surface area contributed by atoms with Gasteiger partial charge in [-0.1, -0.05) is 37.8 Å². The van der Waals surface area contributed by atoms with Crippen molar-refractivity contribution in [2.24, 2.45) is 0 Å². The molecule has 0 atom stereocenters. The van der Waals surface area contributed by atoms with Gasteiger partial charge in [0.05, 0.1) is 4.92 Å². The molecule has 0 aliphatic carbocycles. The number of amides is 2. The molecule has 0 aliphatic rings. The summed E-state index contributed by atoms with van der Waals surface area (Å²) in [4.78, 5) is 21.7. The predicted octanol–water partition coefficient (Wildman–Crippen LogP) is 3.95. The fourth-order valence-corrected chi connectivity index (χ4v) is 1.85. The number of nitrogens with zero attached hydrogens (tertiary/aromatic N) is 1. The van der Waals surface area contributed by atoms with E-state index in [1.807, 2.05) is 0 Å². The summed E-state index contributed by atoms with van der Waals surface area (Å²) in [6.07, 6.45) is 4.28. The number of carbonyl (C=O) groups is 1. The maximum Gasteiger partial charge on any atom is 0.319 e. The number of hydrogen-bond donors (Lipinski definition) is 2. The number of rotatable bonds is 7. The molecule has 110 valence electrons. The van der Waals surface area contributed by atoms with Gasteiger partial charge < -0.3 is 10.6 Å². The Morgan fingerprint density at radius 2 is 2.10 bits per heavy atom. The van der Waals surface area contributed by atoms with Gasteiger partial charge in [0.25, 0.3) is 5.69 Å². The number of unbranched alkanes of at least 4 members (excludes halogenated alkanes) is 3. The molecule has 7 heteroatoms. The summed E-state index contributed by atoms with van der Waals surface area (Å²) < 4.78 is 0. The molecule has 0 spiro atoms. The largest absolute Gasteiger partial charge is 0.338 e. The van der Waals surface area contributed by atoms with Gasteiger partial charge in [0.15, 0.2) is 0 Å². The van der Waals surface area contributed by atoms with Crippen LogP contribution in [0.15, 0.2) is 18.2 Å². The van der Waals surface area contributed by atoms with E-state index in [-0.39, 0.29) is 16.7 Å². The molecule has 0 saturated carbocycles. The van der Waals surface area contributed by atoms with Crippen molar-refractivity contribution in [2.45, 2.75) is 32.6 Å². The highest BCUT2D eigenvalue weighted by atomic mass is 35.5. The summed E-state index contributed by atoms with van der Waals surface area (Å²) in [6.45, 7) is 2.70. The van der Waals surface area contributed by atoms with Gasteiger partial charge in [0, 0.05) is 18.3 Å². The number of nitro benzene ring substituents is 1. The average Bonchev–Trinajstić information content (AvgIpc) is 2.40. The van der Waals surface area contributed by atoms with Gasteiger partial charge >= 0.3 is 6.03 Å². The molecule has 6 nitrogen and oxygen atoms in total. The van der Waals surface area contributed by atoms with E-state index >= 15 is 0 Å². The maximum atomic E-state index is 11.6. The van der Waals surface area contributed by atoms with Crippen molar-refractivity contribution in [3.05, 3.63) is 33.3 Å². The van der Waals surface area contributed by atoms with Crippen molar-refractivity contribution in [1.82, 2.24) is 5.32 Å². The normalized spacial score (nSPS) is 10.1. The number of urea groups is 1. The summed E-state index contributed by atoms with van der Waals surface area (Å²) in [7, 11) is 0. The highest BCUT2D eigenvalue weighted by Crippen LogP contribution is 2.27. The van der Waals surface area contributed by atoms with Gasteiger partial charge in [-0.15, -0.1) is 0 Å². The van der Waals surface area contributed by atoms with Crippen LogP contribution in [0.4, 0.5) is 16.2 Å². The van der Waals surface area contributed by atoms with Crippen LogP contribution in [0.25, 0.3) is 0 Å². The van der Waals surface area contributed by atoms with Gasteiger partial charge in [-0.2, -0.15) is 0 Å². The van der Waals surface area contributed by atoms with E-state index in [1.165, 1.54) is 18.2 Å². The van der Waals surface area contributed by atoms with Crippen LogP contribution in [0.1, 0.15) is 32.6 Å². The monoisotopic (exact) mass is 299 g/mol. The second kappa shape index (κ2) is 8.37. The summed E-state index contributed by atoms with van der Waals surface area (Å²) in [5, 5.41) is 16.0. The van der Waals surface area contributed by atoms with Crippen molar-refractivity contribution >= 4 is 29.0 Å². The fraction of sp³-hybridized carbons (Fsp3) is 0.462. The molecular weight excluding hydrogens is 282 g/mol. The Bertz CT molecular complexity index is 480. The highest BCUT2D eigenvalue weighted by Gasteiger charge is 2.13. The second-order valence-electron chi connectivity index (χ2n) is 4.36. The van der Waals surface area contributed by atoms with E-state index < -0.39 is 4.92 Å². The minimum atomic E-state index is -0.587. The van der Waals surface area contributed by atoms with Gasteiger partial charge in [-0.25, -0.2) is 4.79 Å². The number of nitro groups is 1. The van der Waals surface area contributed by atoms with E-state index in [0.29, 0.717) is 12.2 Å². The van der Waals surface area contributed by atoms with E-state index in [9.17, 15) is 14.9 Å². The molecule has 1 rings (SSSR count). The number of nitrogens with one attached hydrogen (secondary N) is 2. The quantitative estimate of drug-likeness (QED) is 0.454. The molecule has 0 bridgehead atoms. The molecule has 0 aliphatic heterocycles. The van der Waals surface area contributed by atoms with Crippen LogP contribution in [0.2, 0.25) is 5.02 Å². The van der Waals surface area contributed by atoms with Crippen molar-refractivity contribution in [2.75, 3.05) is 11.9 Å². The Labute approximate surface area is 122 Å². The lowest BCUT2D eigenvalue weighted by molar-refractivity contribution is -0.384. The topological polar surface area (TPSA) is 84.3 Å². The maximum absolute atomic E-state index is 11.6. The van der Waals surface area contributed by atoms with Crippen LogP contribution in [0, 0.1) is 10.1 Å². The Kier molecular flexibility index (Phi) is 6.79. The zero-order valence-electron chi connectivity index (χ0n) is 11.3. The van der Waals surface area contributed by atoms with E-state index in [2.05, 4.69) is 17.6 Å². The number of hydrogen-bond acceptors (Lipinski definition) is 3. The van der Waals surface area contributed by atoms with Crippen LogP contribution in [0.5, 0.6) is 0 Å². The Hall–Kier alpha value is -1.82. The van der Waals surface area contributed by atoms with E-state index in [0.717, 1.165) is 25.7 Å². The zero-order chi connectivity index (χ0) is 15.0. The van der Waals surface area contributed by atoms with Gasteiger partial charge in [-0.05, 0) is 18.6 Å². The minimum absolute atomic E-state index is 0.0422. The van der Waals surface area contributed by atoms with E-state index in [4.69, 9.17) is 11.6 Å². The lowest BCUT2D eigenvalue weighted by Crippen LogP contribution is -2.29. The molecule has 0 fully saturated rings. The molecule has 1 aromatic carbocycles. The molecule has 0 radical (unpaired) electrons. The number of benzene rings is 1. The van der Waals surface area contributed by atoms with Crippen molar-refractivity contribution in [3.8, 4) is 0 Å². The fourth-order valence-electron chi connectivity index (χ4n) is 1.66. The van der Waals surface area contributed by atoms with Crippen LogP contribution in [-0.2, 0) is 0 Å². The molecule has 0 aromatic heterocycles. The average molecular weight is 300 g/mol. The van der Waals surface area contributed by atoms with Gasteiger partial charge in [-0.3, -0.25) is 10.1 Å². The smallest absolute Gasteiger partial charge is 0.319 e. The van der Waals surface area contributed by atoms with Crippen LogP contribution < -0.4 is 10.6 Å². The molecule has 1 aromatic rings. The van der Waals surface area contributed by atoms with E-state index in [1.54, 1.807) is 0 Å². The lowest BCUT2D eigenvalue weighted by atomic mass is 10.2. The van der Waals surface area contributed by atoms with Crippen LogP contribution in [-0.4, -0.2) is 17.5 Å². The first-order chi connectivity index (χ1) is 9.54. The minimum Gasteiger partial charge on any atom is -0.338 e. The number of anilines is 1. The first-order valence-corrected chi connectivity index (χ1v) is 6.91. The van der Waals surface area contributed by atoms with Crippen molar-refractivity contribution in [3.63, 3.8) is 0 Å². The number of carbonyl (C=O) groups excluding carboxylic acids is 1. The highest BCUT2D eigenvalue weighted by molar-refractivity contribution is 6.32. The van der Waals surface area contributed by atoms with Crippen molar-refractivity contribution < 1.29 is 9.72 Å². The Morgan fingerprint density at radius 3 is 2.75 bits per heavy atom. The summed E-state index contributed by atoms with van der Waals surface area (Å²) in [5.74, 6) is 0. The van der Waals surface area contributed by atoms with Crippen molar-refractivity contribution in [1.29, 1.82) is 0 Å². The summed E-state index contributed by atoms with van der Waals surface area (Å²) in [5.41, 5.74) is 0.111. The second-order valence-corrected chi connectivity index (χ2v) is 4.77. The molecule has 0 saturated heterocycles. The molecule has 2 N–H and O–H groups in total. The molecule has 0 unspecified atom stereocenters. The number of halogens is 1. The Balaban J connectivity index is 2.46. The van der Waals surface area contributed by atoms with Crippen LogP contribution >= 0.6 is 11.6 Å². The standard InChI is InChI=1S/C13H18ClN3O3/c1-2-3-4-5-8-15-13(18)16-10-6-7-11(14)12(9-10)17(19)20/h6-7,9H,2-5,8H2,1H3,(H2,15,16,18).